The molecule has 1 aromatic carbocycles. The first-order valence-electron chi connectivity index (χ1n) is 3.74. The maximum Gasteiger partial charge on any atom is 0.211 e. The lowest BCUT2D eigenvalue weighted by atomic mass is 10.2. The molecule has 6 N–H and O–H groups in total. The Morgan fingerprint density at radius 3 is 2.64 bits per heavy atom. The highest BCUT2D eigenvalue weighted by Gasteiger charge is 2.01. The van der Waals surface area contributed by atoms with Crippen LogP contribution < -0.4 is 11.5 Å². The summed E-state index contributed by atoms with van der Waals surface area (Å²) in [5.41, 5.74) is 10.4. The quantitative estimate of drug-likeness (QED) is 0.224. The smallest absolute Gasteiger partial charge is 0.211 e. The van der Waals surface area contributed by atoms with Crippen molar-refractivity contribution in [3.8, 4) is 11.5 Å². The Bertz CT molecular complexity index is 383. The Morgan fingerprint density at radius 2 is 2.00 bits per heavy atom. The minimum atomic E-state index is -0.262. The van der Waals surface area contributed by atoms with Crippen molar-refractivity contribution < 1.29 is 10.2 Å². The fourth-order valence-corrected chi connectivity index (χ4v) is 0.811. The van der Waals surface area contributed by atoms with Crippen molar-refractivity contribution in [2.75, 3.05) is 0 Å². The van der Waals surface area contributed by atoms with Crippen LogP contribution in [0.3, 0.4) is 0 Å². The van der Waals surface area contributed by atoms with Gasteiger partial charge < -0.3 is 21.7 Å². The van der Waals surface area contributed by atoms with E-state index in [1.807, 2.05) is 0 Å². The normalized spacial score (nSPS) is 10.3. The third kappa shape index (κ3) is 2.37. The Morgan fingerprint density at radius 1 is 1.29 bits per heavy atom. The van der Waals surface area contributed by atoms with Gasteiger partial charge in [-0.05, 0) is 12.1 Å². The van der Waals surface area contributed by atoms with Gasteiger partial charge in [0.05, 0.1) is 6.21 Å². The summed E-state index contributed by atoms with van der Waals surface area (Å²) in [6.45, 7) is 0. The van der Waals surface area contributed by atoms with Gasteiger partial charge in [-0.25, -0.2) is 0 Å². The summed E-state index contributed by atoms with van der Waals surface area (Å²) in [6, 6.07) is 4.47. The molecule has 0 amide bonds. The number of rotatable bonds is 2. The van der Waals surface area contributed by atoms with E-state index < -0.39 is 0 Å². The van der Waals surface area contributed by atoms with Crippen LogP contribution in [-0.4, -0.2) is 22.4 Å². The minimum absolute atomic E-state index is 0.180. The van der Waals surface area contributed by atoms with Crippen molar-refractivity contribution in [3.05, 3.63) is 23.8 Å². The van der Waals surface area contributed by atoms with Crippen LogP contribution in [0.25, 0.3) is 0 Å². The van der Waals surface area contributed by atoms with Crippen LogP contribution in [0.15, 0.2) is 28.4 Å². The van der Waals surface area contributed by atoms with E-state index in [4.69, 9.17) is 16.6 Å². The van der Waals surface area contributed by atoms with Crippen molar-refractivity contribution in [3.63, 3.8) is 0 Å². The molecular weight excluding hydrogens is 184 g/mol. The van der Waals surface area contributed by atoms with Crippen LogP contribution in [0.4, 0.5) is 0 Å². The Kier molecular flexibility index (Phi) is 2.90. The molecule has 0 aliphatic rings. The lowest BCUT2D eigenvalue weighted by molar-refractivity contribution is 0.403. The number of phenols is 2. The summed E-state index contributed by atoms with van der Waals surface area (Å²) in [6.07, 6.45) is 1.23. The molecule has 0 aliphatic heterocycles. The molecule has 0 unspecified atom stereocenters. The van der Waals surface area contributed by atoms with E-state index in [1.54, 1.807) is 12.1 Å². The molecule has 0 saturated heterocycles. The molecule has 6 heteroatoms. The third-order valence-electron chi connectivity index (χ3n) is 1.42. The van der Waals surface area contributed by atoms with Gasteiger partial charge in [-0.15, -0.1) is 5.10 Å². The zero-order valence-corrected chi connectivity index (χ0v) is 7.25. The average molecular weight is 194 g/mol. The van der Waals surface area contributed by atoms with Crippen molar-refractivity contribution in [1.29, 1.82) is 0 Å². The van der Waals surface area contributed by atoms with Crippen molar-refractivity contribution in [1.82, 2.24) is 0 Å². The zero-order chi connectivity index (χ0) is 10.6. The van der Waals surface area contributed by atoms with E-state index in [0.717, 1.165) is 0 Å². The third-order valence-corrected chi connectivity index (χ3v) is 1.42. The van der Waals surface area contributed by atoms with Gasteiger partial charge in [0, 0.05) is 5.56 Å². The number of phenolic OH excluding ortho intramolecular Hbond substituents is 2. The van der Waals surface area contributed by atoms with E-state index in [-0.39, 0.29) is 17.5 Å². The number of hydrogen-bond acceptors (Lipinski definition) is 4. The molecule has 74 valence electrons. The molecule has 0 aliphatic carbocycles. The summed E-state index contributed by atoms with van der Waals surface area (Å²) in [5, 5.41) is 25.2. The van der Waals surface area contributed by atoms with E-state index in [0.29, 0.717) is 5.56 Å². The number of benzene rings is 1. The SMILES string of the molecule is NC(N)=NN=Cc1cccc(O)c1O. The Labute approximate surface area is 80.2 Å². The number of nitrogens with zero attached hydrogens (tertiary/aromatic N) is 2. The lowest BCUT2D eigenvalue weighted by Crippen LogP contribution is -2.21. The van der Waals surface area contributed by atoms with Gasteiger partial charge in [0.2, 0.25) is 5.96 Å². The first-order valence-corrected chi connectivity index (χ1v) is 3.74. The fourth-order valence-electron chi connectivity index (χ4n) is 0.811. The maximum atomic E-state index is 9.31. The molecule has 0 heterocycles. The molecule has 1 rings (SSSR count). The molecule has 1 aromatic rings. The molecule has 0 bridgehead atoms. The van der Waals surface area contributed by atoms with Gasteiger partial charge in [0.25, 0.3) is 0 Å². The predicted molar refractivity (Wildman–Crippen MR) is 53.2 cm³/mol. The number of guanidine groups is 1. The van der Waals surface area contributed by atoms with Gasteiger partial charge in [-0.3, -0.25) is 0 Å². The fraction of sp³-hybridized carbons (Fsp3) is 0. The van der Waals surface area contributed by atoms with Crippen LogP contribution in [0.5, 0.6) is 11.5 Å². The Balaban J connectivity index is 2.92. The molecule has 0 fully saturated rings. The highest BCUT2D eigenvalue weighted by atomic mass is 16.3. The van der Waals surface area contributed by atoms with Crippen LogP contribution >= 0.6 is 0 Å². The summed E-state index contributed by atoms with van der Waals surface area (Å²) in [4.78, 5) is 0. The maximum absolute atomic E-state index is 9.31. The molecule has 0 radical (unpaired) electrons. The molecule has 14 heavy (non-hydrogen) atoms. The topological polar surface area (TPSA) is 117 Å². The van der Waals surface area contributed by atoms with Crippen molar-refractivity contribution >= 4 is 12.2 Å². The van der Waals surface area contributed by atoms with Gasteiger partial charge in [0.1, 0.15) is 0 Å². The van der Waals surface area contributed by atoms with Crippen molar-refractivity contribution in [2.24, 2.45) is 21.7 Å². The lowest BCUT2D eigenvalue weighted by Gasteiger charge is -1.98. The predicted octanol–water partition coefficient (Wildman–Crippen LogP) is -0.295. The molecule has 6 nitrogen and oxygen atoms in total. The van der Waals surface area contributed by atoms with Crippen molar-refractivity contribution in [2.45, 2.75) is 0 Å². The van der Waals surface area contributed by atoms with Crippen LogP contribution in [-0.2, 0) is 0 Å². The van der Waals surface area contributed by atoms with Gasteiger partial charge in [-0.1, -0.05) is 6.07 Å². The highest BCUT2D eigenvalue weighted by molar-refractivity contribution is 5.85. The molecular formula is C8H10N4O2. The molecule has 0 aromatic heterocycles. The second kappa shape index (κ2) is 4.13. The van der Waals surface area contributed by atoms with Crippen LogP contribution in [0, 0.1) is 0 Å². The molecule has 0 atom stereocenters. The van der Waals surface area contributed by atoms with E-state index in [2.05, 4.69) is 10.2 Å². The van der Waals surface area contributed by atoms with Crippen LogP contribution in [0.1, 0.15) is 5.56 Å². The summed E-state index contributed by atoms with van der Waals surface area (Å²) >= 11 is 0. The van der Waals surface area contributed by atoms with Crippen LogP contribution in [0.2, 0.25) is 0 Å². The van der Waals surface area contributed by atoms with Gasteiger partial charge in [0.15, 0.2) is 11.5 Å². The summed E-state index contributed by atoms with van der Waals surface area (Å²) < 4.78 is 0. The molecule has 0 saturated carbocycles. The number of para-hydroxylation sites is 1. The summed E-state index contributed by atoms with van der Waals surface area (Å²) in [5.74, 6) is -0.665. The molecule has 0 spiro atoms. The van der Waals surface area contributed by atoms with Gasteiger partial charge in [-0.2, -0.15) is 5.10 Å². The van der Waals surface area contributed by atoms with E-state index in [1.165, 1.54) is 12.3 Å². The minimum Gasteiger partial charge on any atom is -0.504 e. The average Bonchev–Trinajstić information content (AvgIpc) is 2.12. The first kappa shape index (κ1) is 9.85. The second-order valence-corrected chi connectivity index (χ2v) is 2.48. The summed E-state index contributed by atoms with van der Waals surface area (Å²) in [7, 11) is 0. The standard InChI is InChI=1S/C8H10N4O2/c9-8(10)12-11-4-5-2-1-3-6(13)7(5)14/h1-4,13-14H,(H4,9,10,12). The second-order valence-electron chi connectivity index (χ2n) is 2.48. The van der Waals surface area contributed by atoms with E-state index >= 15 is 0 Å². The Hall–Kier alpha value is -2.24. The monoisotopic (exact) mass is 194 g/mol. The number of aromatic hydroxyl groups is 2. The first-order chi connectivity index (χ1) is 6.61. The number of hydrogen-bond donors (Lipinski definition) is 4. The highest BCUT2D eigenvalue weighted by Crippen LogP contribution is 2.26. The zero-order valence-electron chi connectivity index (χ0n) is 7.25. The largest absolute Gasteiger partial charge is 0.504 e. The van der Waals surface area contributed by atoms with Gasteiger partial charge >= 0.3 is 0 Å². The van der Waals surface area contributed by atoms with E-state index in [9.17, 15) is 5.11 Å². The number of nitrogens with two attached hydrogens (primary N) is 2.